The van der Waals surface area contributed by atoms with Crippen LogP contribution in [0.1, 0.15) is 18.4 Å². The van der Waals surface area contributed by atoms with Crippen molar-refractivity contribution in [1.29, 1.82) is 0 Å². The van der Waals surface area contributed by atoms with Gasteiger partial charge in [-0.3, -0.25) is 4.79 Å². The number of benzene rings is 2. The van der Waals surface area contributed by atoms with Crippen LogP contribution in [0.15, 0.2) is 60.7 Å². The van der Waals surface area contributed by atoms with Gasteiger partial charge in [0.1, 0.15) is 6.54 Å². The number of urea groups is 1. The molecule has 0 atom stereocenters. The second-order valence-corrected chi connectivity index (χ2v) is 8.30. The van der Waals surface area contributed by atoms with E-state index in [0.29, 0.717) is 13.1 Å². The molecule has 2 aromatic carbocycles. The van der Waals surface area contributed by atoms with Crippen molar-refractivity contribution in [2.75, 3.05) is 44.6 Å². The highest BCUT2D eigenvalue weighted by molar-refractivity contribution is 5.89. The molecule has 2 heterocycles. The van der Waals surface area contributed by atoms with Gasteiger partial charge < -0.3 is 20.0 Å². The highest BCUT2D eigenvalue weighted by atomic mass is 16.2. The van der Waals surface area contributed by atoms with E-state index in [2.05, 4.69) is 29.6 Å². The summed E-state index contributed by atoms with van der Waals surface area (Å²) in [5.41, 5.74) is 2.16. The summed E-state index contributed by atoms with van der Waals surface area (Å²) in [6, 6.07) is 20.0. The van der Waals surface area contributed by atoms with Crippen LogP contribution in [0.4, 0.5) is 10.5 Å². The molecule has 2 N–H and O–H groups in total. The number of rotatable bonds is 4. The Morgan fingerprint density at radius 2 is 1.43 bits per heavy atom. The van der Waals surface area contributed by atoms with Crippen LogP contribution in [-0.4, -0.2) is 61.0 Å². The molecule has 2 saturated heterocycles. The molecule has 4 rings (SSSR count). The molecule has 6 heteroatoms. The molecule has 0 aliphatic carbocycles. The lowest BCUT2D eigenvalue weighted by Gasteiger charge is -2.37. The lowest BCUT2D eigenvalue weighted by Crippen LogP contribution is -3.13. The van der Waals surface area contributed by atoms with E-state index in [9.17, 15) is 9.59 Å². The van der Waals surface area contributed by atoms with Crippen molar-refractivity contribution < 1.29 is 14.5 Å². The molecule has 0 unspecified atom stereocenters. The van der Waals surface area contributed by atoms with E-state index >= 15 is 0 Å². The van der Waals surface area contributed by atoms with E-state index in [1.807, 2.05) is 46.2 Å². The molecule has 0 bridgehead atoms. The summed E-state index contributed by atoms with van der Waals surface area (Å²) >= 11 is 0. The summed E-state index contributed by atoms with van der Waals surface area (Å²) < 4.78 is 0. The van der Waals surface area contributed by atoms with Crippen molar-refractivity contribution in [3.8, 4) is 0 Å². The quantitative estimate of drug-likeness (QED) is 0.813. The predicted octanol–water partition coefficient (Wildman–Crippen LogP) is 1.86. The summed E-state index contributed by atoms with van der Waals surface area (Å²) in [4.78, 5) is 30.8. The van der Waals surface area contributed by atoms with Gasteiger partial charge in [0.25, 0.3) is 0 Å². The first-order chi connectivity index (χ1) is 14.7. The van der Waals surface area contributed by atoms with Crippen LogP contribution in [0, 0.1) is 5.92 Å². The number of quaternary nitrogens is 1. The maximum Gasteiger partial charge on any atom is 0.321 e. The fourth-order valence-electron chi connectivity index (χ4n) is 4.42. The first-order valence-electron chi connectivity index (χ1n) is 11.0. The minimum atomic E-state index is -0.0785. The van der Waals surface area contributed by atoms with Gasteiger partial charge >= 0.3 is 6.03 Å². The fraction of sp³-hybridized carbons (Fsp3) is 0.417. The van der Waals surface area contributed by atoms with E-state index in [1.165, 1.54) is 10.5 Å². The zero-order chi connectivity index (χ0) is 20.8. The minimum Gasteiger partial charge on any atom is -0.331 e. The number of likely N-dealkylation sites (tertiary alicyclic amines) is 1. The summed E-state index contributed by atoms with van der Waals surface area (Å²) in [6.07, 6.45) is 1.50. The van der Waals surface area contributed by atoms with Gasteiger partial charge in [0, 0.05) is 30.3 Å². The van der Waals surface area contributed by atoms with E-state index in [0.717, 1.165) is 51.3 Å². The molecule has 2 aliphatic heterocycles. The van der Waals surface area contributed by atoms with Crippen molar-refractivity contribution in [3.63, 3.8) is 0 Å². The van der Waals surface area contributed by atoms with Crippen LogP contribution < -0.4 is 10.2 Å². The number of piperidine rings is 1. The first-order valence-corrected chi connectivity index (χ1v) is 11.0. The van der Waals surface area contributed by atoms with Gasteiger partial charge in [-0.15, -0.1) is 0 Å². The normalized spacial score (nSPS) is 18.3. The molecule has 0 saturated carbocycles. The summed E-state index contributed by atoms with van der Waals surface area (Å²) in [6.45, 7) is 5.95. The predicted molar refractivity (Wildman–Crippen MR) is 117 cm³/mol. The van der Waals surface area contributed by atoms with Crippen LogP contribution in [-0.2, 0) is 11.3 Å². The molecular weight excluding hydrogens is 376 g/mol. The average molecular weight is 408 g/mol. The Kier molecular flexibility index (Phi) is 6.64. The average Bonchev–Trinajstić information content (AvgIpc) is 2.80. The topological polar surface area (TPSA) is 57.1 Å². The lowest BCUT2D eigenvalue weighted by atomic mass is 9.95. The molecule has 30 heavy (non-hydrogen) atoms. The number of carbonyl (C=O) groups is 2. The number of piperazine rings is 1. The number of amides is 3. The van der Waals surface area contributed by atoms with E-state index in [1.54, 1.807) is 0 Å². The Balaban J connectivity index is 1.20. The number of para-hydroxylation sites is 1. The summed E-state index contributed by atoms with van der Waals surface area (Å²) in [5.74, 6) is 0.318. The van der Waals surface area contributed by atoms with Gasteiger partial charge in [0.05, 0.1) is 26.2 Å². The summed E-state index contributed by atoms with van der Waals surface area (Å²) in [7, 11) is 0. The van der Waals surface area contributed by atoms with Crippen molar-refractivity contribution in [2.45, 2.75) is 19.4 Å². The third kappa shape index (κ3) is 5.19. The minimum absolute atomic E-state index is 0.0430. The Morgan fingerprint density at radius 1 is 0.833 bits per heavy atom. The van der Waals surface area contributed by atoms with E-state index in [-0.39, 0.29) is 17.9 Å². The maximum atomic E-state index is 13.0. The standard InChI is InChI=1S/C24H30N4O2/c29-23(27-17-15-26(16-18-27)19-20-7-3-1-4-8-20)21-11-13-28(14-12-21)24(30)25-22-9-5-2-6-10-22/h1-10,21H,11-19H2,(H,25,30)/p+1. The number of hydrogen-bond donors (Lipinski definition) is 2. The Hall–Kier alpha value is -2.86. The number of anilines is 1. The SMILES string of the molecule is O=C(Nc1ccccc1)N1CCC(C(=O)N2CC[NH+](Cc3ccccc3)CC2)CC1. The van der Waals surface area contributed by atoms with Crippen LogP contribution >= 0.6 is 0 Å². The Morgan fingerprint density at radius 3 is 2.07 bits per heavy atom. The molecule has 3 amide bonds. The van der Waals surface area contributed by atoms with Gasteiger partial charge in [-0.25, -0.2) is 4.79 Å². The second kappa shape index (κ2) is 9.76. The highest BCUT2D eigenvalue weighted by Crippen LogP contribution is 2.21. The first kappa shape index (κ1) is 20.4. The molecule has 0 radical (unpaired) electrons. The molecule has 0 aromatic heterocycles. The number of carbonyl (C=O) groups excluding carboxylic acids is 2. The molecule has 2 aliphatic rings. The maximum absolute atomic E-state index is 13.0. The number of hydrogen-bond acceptors (Lipinski definition) is 2. The Bertz CT molecular complexity index is 827. The molecule has 2 aromatic rings. The van der Waals surface area contributed by atoms with Crippen molar-refractivity contribution >= 4 is 17.6 Å². The molecule has 0 spiro atoms. The van der Waals surface area contributed by atoms with Crippen molar-refractivity contribution in [1.82, 2.24) is 9.80 Å². The van der Waals surface area contributed by atoms with Crippen molar-refractivity contribution in [3.05, 3.63) is 66.2 Å². The van der Waals surface area contributed by atoms with E-state index in [4.69, 9.17) is 0 Å². The monoisotopic (exact) mass is 407 g/mol. The van der Waals surface area contributed by atoms with Crippen LogP contribution in [0.3, 0.4) is 0 Å². The number of nitrogens with zero attached hydrogens (tertiary/aromatic N) is 2. The largest absolute Gasteiger partial charge is 0.331 e. The third-order valence-electron chi connectivity index (χ3n) is 6.24. The van der Waals surface area contributed by atoms with Crippen LogP contribution in [0.2, 0.25) is 0 Å². The van der Waals surface area contributed by atoms with E-state index < -0.39 is 0 Å². The fourth-order valence-corrected chi connectivity index (χ4v) is 4.42. The van der Waals surface area contributed by atoms with Crippen molar-refractivity contribution in [2.24, 2.45) is 5.92 Å². The Labute approximate surface area is 178 Å². The molecule has 2 fully saturated rings. The zero-order valence-corrected chi connectivity index (χ0v) is 17.4. The molecule has 158 valence electrons. The second-order valence-electron chi connectivity index (χ2n) is 8.30. The highest BCUT2D eigenvalue weighted by Gasteiger charge is 2.32. The van der Waals surface area contributed by atoms with Gasteiger partial charge in [0.15, 0.2) is 0 Å². The summed E-state index contributed by atoms with van der Waals surface area (Å²) in [5, 5.41) is 2.93. The molecular formula is C24H31N4O2+. The smallest absolute Gasteiger partial charge is 0.321 e. The van der Waals surface area contributed by atoms with Gasteiger partial charge in [-0.05, 0) is 25.0 Å². The third-order valence-corrected chi connectivity index (χ3v) is 6.24. The zero-order valence-electron chi connectivity index (χ0n) is 17.4. The number of nitrogens with one attached hydrogen (secondary N) is 2. The van der Waals surface area contributed by atoms with Gasteiger partial charge in [0.2, 0.25) is 5.91 Å². The lowest BCUT2D eigenvalue weighted by molar-refractivity contribution is -0.917. The van der Waals surface area contributed by atoms with Crippen LogP contribution in [0.25, 0.3) is 0 Å². The molecule has 6 nitrogen and oxygen atoms in total. The van der Waals surface area contributed by atoms with Gasteiger partial charge in [-0.1, -0.05) is 48.5 Å². The van der Waals surface area contributed by atoms with Gasteiger partial charge in [-0.2, -0.15) is 0 Å². The van der Waals surface area contributed by atoms with Crippen LogP contribution in [0.5, 0.6) is 0 Å².